The largest absolute Gasteiger partial charge is 0.495 e. The summed E-state index contributed by atoms with van der Waals surface area (Å²) in [7, 11) is 0.270. The zero-order valence-corrected chi connectivity index (χ0v) is 18.6. The van der Waals surface area contributed by atoms with Crippen LogP contribution in [-0.4, -0.2) is 58.3 Å². The van der Waals surface area contributed by atoms with Gasteiger partial charge >= 0.3 is 6.18 Å². The third kappa shape index (κ3) is 7.04. The number of carbonyl (C=O) groups is 1. The summed E-state index contributed by atoms with van der Waals surface area (Å²) < 4.78 is 68.5. The van der Waals surface area contributed by atoms with Crippen molar-refractivity contribution in [1.82, 2.24) is 4.31 Å². The maximum Gasteiger partial charge on any atom is 0.398 e. The molecule has 2 rings (SSSR count). The third-order valence-electron chi connectivity index (χ3n) is 3.92. The molecule has 0 saturated heterocycles. The molecule has 0 heterocycles. The van der Waals surface area contributed by atoms with Crippen LogP contribution in [0.5, 0.6) is 5.75 Å². The molecule has 0 saturated carbocycles. The van der Waals surface area contributed by atoms with Gasteiger partial charge in [0, 0.05) is 30.4 Å². The molecule has 0 bridgehead atoms. The number of methoxy groups -OCH3 is 1. The lowest BCUT2D eigenvalue weighted by Crippen LogP contribution is -2.24. The van der Waals surface area contributed by atoms with Crippen LogP contribution in [0.2, 0.25) is 0 Å². The smallest absolute Gasteiger partial charge is 0.398 e. The molecule has 12 heteroatoms. The molecule has 170 valence electrons. The maximum atomic E-state index is 12.5. The van der Waals surface area contributed by atoms with Crippen molar-refractivity contribution < 1.29 is 31.1 Å². The number of ether oxygens (including phenoxy) is 1. The van der Waals surface area contributed by atoms with Crippen molar-refractivity contribution in [3.05, 3.63) is 42.5 Å². The Hall–Kier alpha value is -2.44. The van der Waals surface area contributed by atoms with Gasteiger partial charge in [0.05, 0.1) is 19.4 Å². The van der Waals surface area contributed by atoms with Crippen molar-refractivity contribution in [2.75, 3.05) is 44.1 Å². The molecule has 0 atom stereocenters. The maximum absolute atomic E-state index is 12.5. The van der Waals surface area contributed by atoms with Gasteiger partial charge in [0.25, 0.3) is 0 Å². The van der Waals surface area contributed by atoms with Crippen LogP contribution >= 0.6 is 11.8 Å². The molecule has 0 unspecified atom stereocenters. The van der Waals surface area contributed by atoms with E-state index in [1.165, 1.54) is 45.5 Å². The van der Waals surface area contributed by atoms with Crippen LogP contribution in [0.4, 0.5) is 24.5 Å². The second kappa shape index (κ2) is 10.2. The van der Waals surface area contributed by atoms with Gasteiger partial charge in [-0.2, -0.15) is 13.2 Å². The molecule has 1 amide bonds. The van der Waals surface area contributed by atoms with E-state index in [1.54, 1.807) is 18.2 Å². The lowest BCUT2D eigenvalue weighted by Gasteiger charge is -2.16. The zero-order chi connectivity index (χ0) is 23.2. The van der Waals surface area contributed by atoms with Gasteiger partial charge in [0.2, 0.25) is 15.9 Å². The number of carbonyl (C=O) groups excluding carboxylic acids is 1. The van der Waals surface area contributed by atoms with Crippen molar-refractivity contribution in [3.63, 3.8) is 0 Å². The number of sulfonamides is 1. The number of hydrogen-bond acceptors (Lipinski definition) is 6. The van der Waals surface area contributed by atoms with Crippen LogP contribution in [0.15, 0.2) is 52.3 Å². The number of thioether (sulfide) groups is 1. The second-order valence-corrected chi connectivity index (χ2v) is 9.59. The first-order valence-electron chi connectivity index (χ1n) is 8.87. The van der Waals surface area contributed by atoms with E-state index in [0.29, 0.717) is 22.3 Å². The zero-order valence-electron chi connectivity index (χ0n) is 17.0. The first-order chi connectivity index (χ1) is 14.4. The van der Waals surface area contributed by atoms with Crippen molar-refractivity contribution in [1.29, 1.82) is 0 Å². The molecule has 31 heavy (non-hydrogen) atoms. The topological polar surface area (TPSA) is 87.7 Å². The number of hydrogen-bond donors (Lipinski definition) is 2. The van der Waals surface area contributed by atoms with E-state index in [-0.39, 0.29) is 22.9 Å². The van der Waals surface area contributed by atoms with Gasteiger partial charge in [-0.05, 0) is 30.3 Å². The Morgan fingerprint density at radius 3 is 2.45 bits per heavy atom. The summed E-state index contributed by atoms with van der Waals surface area (Å²) in [5.41, 5.74) is 0.616. The lowest BCUT2D eigenvalue weighted by molar-refractivity contribution is -0.114. The van der Waals surface area contributed by atoms with E-state index in [0.717, 1.165) is 4.31 Å². The molecule has 0 aromatic heterocycles. The lowest BCUT2D eigenvalue weighted by atomic mass is 10.3. The average molecular weight is 478 g/mol. The van der Waals surface area contributed by atoms with Crippen LogP contribution in [0.25, 0.3) is 0 Å². The molecule has 2 aromatic rings. The number of halogens is 3. The van der Waals surface area contributed by atoms with Crippen LogP contribution < -0.4 is 15.4 Å². The minimum absolute atomic E-state index is 0.111. The average Bonchev–Trinajstić information content (AvgIpc) is 2.70. The normalized spacial score (nSPS) is 12.0. The number of rotatable bonds is 9. The fraction of sp³-hybridized carbons (Fsp3) is 0.316. The predicted octanol–water partition coefficient (Wildman–Crippen LogP) is 3.65. The molecule has 2 aromatic carbocycles. The molecule has 0 aliphatic rings. The van der Waals surface area contributed by atoms with Crippen molar-refractivity contribution in [2.45, 2.75) is 16.0 Å². The first kappa shape index (κ1) is 24.8. The monoisotopic (exact) mass is 477 g/mol. The van der Waals surface area contributed by atoms with Crippen molar-refractivity contribution >= 4 is 39.1 Å². The van der Waals surface area contributed by atoms with Gasteiger partial charge < -0.3 is 15.4 Å². The number of nitrogens with one attached hydrogen (secondary N) is 2. The molecule has 0 spiro atoms. The summed E-state index contributed by atoms with van der Waals surface area (Å²) in [6.45, 7) is -0.231. The molecule has 2 N–H and O–H groups in total. The van der Waals surface area contributed by atoms with E-state index in [1.807, 2.05) is 0 Å². The highest BCUT2D eigenvalue weighted by Crippen LogP contribution is 2.32. The molecule has 0 fully saturated rings. The Morgan fingerprint density at radius 2 is 1.84 bits per heavy atom. The Kier molecular flexibility index (Phi) is 8.21. The summed E-state index contributed by atoms with van der Waals surface area (Å²) in [5.74, 6) is -1.43. The van der Waals surface area contributed by atoms with Crippen molar-refractivity contribution in [2.24, 2.45) is 0 Å². The van der Waals surface area contributed by atoms with Gasteiger partial charge in [0.1, 0.15) is 10.6 Å². The minimum atomic E-state index is -4.31. The molecule has 0 aliphatic heterocycles. The SMILES string of the molecule is COc1ccc(NC(=O)CNc2ccccc2SCC(F)(F)F)cc1S(=O)(=O)N(C)C. The number of anilines is 2. The predicted molar refractivity (Wildman–Crippen MR) is 114 cm³/mol. The van der Waals surface area contributed by atoms with Crippen LogP contribution in [-0.2, 0) is 14.8 Å². The van der Waals surface area contributed by atoms with Crippen LogP contribution in [0.1, 0.15) is 0 Å². The van der Waals surface area contributed by atoms with Gasteiger partial charge in [-0.3, -0.25) is 4.79 Å². The summed E-state index contributed by atoms with van der Waals surface area (Å²) >= 11 is 0.617. The Morgan fingerprint density at radius 1 is 1.16 bits per heavy atom. The molecular formula is C19H22F3N3O4S2. The Labute approximate surface area is 183 Å². The Balaban J connectivity index is 2.09. The number of amides is 1. The first-order valence-corrected chi connectivity index (χ1v) is 11.3. The number of benzene rings is 2. The van der Waals surface area contributed by atoms with E-state index in [4.69, 9.17) is 4.74 Å². The molecule has 0 aliphatic carbocycles. The van der Waals surface area contributed by atoms with Crippen molar-refractivity contribution in [3.8, 4) is 5.75 Å². The van der Waals surface area contributed by atoms with Crippen LogP contribution in [0, 0.1) is 0 Å². The molecule has 7 nitrogen and oxygen atoms in total. The molecule has 0 radical (unpaired) electrons. The number of nitrogens with zero attached hydrogens (tertiary/aromatic N) is 1. The van der Waals surface area contributed by atoms with E-state index in [2.05, 4.69) is 10.6 Å². The van der Waals surface area contributed by atoms with E-state index < -0.39 is 27.9 Å². The Bertz CT molecular complexity index is 1030. The summed E-state index contributed by atoms with van der Waals surface area (Å²) in [4.78, 5) is 12.6. The summed E-state index contributed by atoms with van der Waals surface area (Å²) in [6.07, 6.45) is -4.31. The number of para-hydroxylation sites is 1. The van der Waals surface area contributed by atoms with Crippen LogP contribution in [0.3, 0.4) is 0 Å². The highest BCUT2D eigenvalue weighted by atomic mass is 32.2. The van der Waals surface area contributed by atoms with Gasteiger partial charge in [-0.15, -0.1) is 11.8 Å². The van der Waals surface area contributed by atoms with E-state index >= 15 is 0 Å². The van der Waals surface area contributed by atoms with E-state index in [9.17, 15) is 26.4 Å². The number of alkyl halides is 3. The third-order valence-corrected chi connectivity index (χ3v) is 6.90. The quantitative estimate of drug-likeness (QED) is 0.536. The van der Waals surface area contributed by atoms with Gasteiger partial charge in [-0.1, -0.05) is 12.1 Å². The highest BCUT2D eigenvalue weighted by Gasteiger charge is 2.27. The fourth-order valence-corrected chi connectivity index (χ4v) is 4.30. The summed E-state index contributed by atoms with van der Waals surface area (Å²) in [6, 6.07) is 10.5. The summed E-state index contributed by atoms with van der Waals surface area (Å²) in [5, 5.41) is 5.37. The standard InChI is InChI=1S/C19H22F3N3O4S2/c1-25(2)31(27,28)17-10-13(8-9-15(17)29-3)24-18(26)11-23-14-6-4-5-7-16(14)30-12-19(20,21)22/h4-10,23H,11-12H2,1-3H3,(H,24,26). The van der Waals surface area contributed by atoms with Gasteiger partial charge in [-0.25, -0.2) is 12.7 Å². The molecular weight excluding hydrogens is 455 g/mol. The second-order valence-electron chi connectivity index (χ2n) is 6.45. The fourth-order valence-electron chi connectivity index (χ4n) is 2.43. The highest BCUT2D eigenvalue weighted by molar-refractivity contribution is 7.99. The van der Waals surface area contributed by atoms with Gasteiger partial charge in [0.15, 0.2) is 0 Å². The minimum Gasteiger partial charge on any atom is -0.495 e.